The highest BCUT2D eigenvalue weighted by molar-refractivity contribution is 5.19. The summed E-state index contributed by atoms with van der Waals surface area (Å²) in [7, 11) is 0. The van der Waals surface area contributed by atoms with E-state index < -0.39 is 0 Å². The first-order valence-corrected chi connectivity index (χ1v) is 7.97. The second-order valence-electron chi connectivity index (χ2n) is 6.33. The third-order valence-corrected chi connectivity index (χ3v) is 5.04. The van der Waals surface area contributed by atoms with Crippen molar-refractivity contribution in [2.24, 2.45) is 5.92 Å². The molecule has 0 aliphatic carbocycles. The van der Waals surface area contributed by atoms with Crippen molar-refractivity contribution in [3.63, 3.8) is 0 Å². The molecule has 0 amide bonds. The fourth-order valence-corrected chi connectivity index (χ4v) is 3.81. The topological polar surface area (TPSA) is 15.3 Å². The molecule has 2 nitrogen and oxygen atoms in total. The maximum Gasteiger partial charge on any atom is 0.123 e. The molecule has 110 valence electrons. The maximum absolute atomic E-state index is 13.4. The first-order chi connectivity index (χ1) is 9.74. The van der Waals surface area contributed by atoms with Gasteiger partial charge in [0.2, 0.25) is 0 Å². The Balaban J connectivity index is 1.66. The normalized spacial score (nSPS) is 29.5. The number of nitrogens with zero attached hydrogens (tertiary/aromatic N) is 1. The smallest absolute Gasteiger partial charge is 0.123 e. The van der Waals surface area contributed by atoms with Crippen molar-refractivity contribution in [2.45, 2.75) is 44.7 Å². The Kier molecular flexibility index (Phi) is 4.37. The van der Waals surface area contributed by atoms with E-state index >= 15 is 0 Å². The molecule has 2 saturated heterocycles. The van der Waals surface area contributed by atoms with Gasteiger partial charge >= 0.3 is 0 Å². The van der Waals surface area contributed by atoms with E-state index in [1.54, 1.807) is 6.07 Å². The summed E-state index contributed by atoms with van der Waals surface area (Å²) in [4.78, 5) is 2.53. The number of likely N-dealkylation sites (tertiary alicyclic amines) is 1. The molecule has 2 aliphatic heterocycles. The Morgan fingerprint density at radius 2 is 2.20 bits per heavy atom. The van der Waals surface area contributed by atoms with E-state index in [1.807, 2.05) is 12.1 Å². The van der Waals surface area contributed by atoms with Gasteiger partial charge in [-0.15, -0.1) is 0 Å². The van der Waals surface area contributed by atoms with E-state index in [0.29, 0.717) is 12.1 Å². The number of hydrogen-bond acceptors (Lipinski definition) is 2. The molecule has 20 heavy (non-hydrogen) atoms. The van der Waals surface area contributed by atoms with Gasteiger partial charge in [0.05, 0.1) is 0 Å². The van der Waals surface area contributed by atoms with Crippen molar-refractivity contribution in [2.75, 3.05) is 19.6 Å². The van der Waals surface area contributed by atoms with Crippen molar-refractivity contribution >= 4 is 0 Å². The molecule has 0 bridgehead atoms. The van der Waals surface area contributed by atoms with Crippen molar-refractivity contribution in [1.29, 1.82) is 0 Å². The minimum Gasteiger partial charge on any atom is -0.314 e. The van der Waals surface area contributed by atoms with E-state index in [9.17, 15) is 4.39 Å². The first kappa shape index (κ1) is 14.0. The Hall–Kier alpha value is -0.930. The van der Waals surface area contributed by atoms with Crippen LogP contribution in [0.4, 0.5) is 4.39 Å². The Labute approximate surface area is 121 Å². The van der Waals surface area contributed by atoms with E-state index in [2.05, 4.69) is 17.1 Å². The van der Waals surface area contributed by atoms with Crippen LogP contribution in [0, 0.1) is 11.7 Å². The van der Waals surface area contributed by atoms with E-state index in [-0.39, 0.29) is 5.82 Å². The fraction of sp³-hybridized carbons (Fsp3) is 0.647. The van der Waals surface area contributed by atoms with Gasteiger partial charge in [-0.25, -0.2) is 4.39 Å². The van der Waals surface area contributed by atoms with Crippen LogP contribution in [0.2, 0.25) is 0 Å². The van der Waals surface area contributed by atoms with Crippen LogP contribution in [-0.2, 0) is 0 Å². The molecule has 2 aliphatic rings. The molecule has 3 rings (SSSR count). The maximum atomic E-state index is 13.4. The van der Waals surface area contributed by atoms with Gasteiger partial charge in [0.1, 0.15) is 5.82 Å². The van der Waals surface area contributed by atoms with E-state index in [4.69, 9.17) is 0 Å². The van der Waals surface area contributed by atoms with Gasteiger partial charge in [0, 0.05) is 18.6 Å². The summed E-state index contributed by atoms with van der Waals surface area (Å²) in [6, 6.07) is 8.10. The van der Waals surface area contributed by atoms with Crippen molar-refractivity contribution < 1.29 is 4.39 Å². The second kappa shape index (κ2) is 6.23. The third kappa shape index (κ3) is 3.04. The minimum absolute atomic E-state index is 0.125. The zero-order valence-electron chi connectivity index (χ0n) is 12.3. The fourth-order valence-electron chi connectivity index (χ4n) is 3.81. The minimum atomic E-state index is -0.125. The molecule has 3 unspecified atom stereocenters. The van der Waals surface area contributed by atoms with Gasteiger partial charge in [0.25, 0.3) is 0 Å². The lowest BCUT2D eigenvalue weighted by Crippen LogP contribution is -2.44. The Bertz CT molecular complexity index is 442. The number of nitrogens with one attached hydrogen (secondary N) is 1. The monoisotopic (exact) mass is 276 g/mol. The number of rotatable bonds is 3. The number of hydrogen-bond donors (Lipinski definition) is 1. The van der Waals surface area contributed by atoms with Crippen molar-refractivity contribution in [3.8, 4) is 0 Å². The zero-order chi connectivity index (χ0) is 13.9. The molecule has 2 heterocycles. The van der Waals surface area contributed by atoms with Gasteiger partial charge < -0.3 is 5.32 Å². The van der Waals surface area contributed by atoms with Gasteiger partial charge in [0.15, 0.2) is 0 Å². The molecule has 1 aromatic carbocycles. The average molecular weight is 276 g/mol. The standard InChI is InChI=1S/C17H25FN2/c1-13(14-5-2-7-16(18)11-14)20-10-4-6-15(12-20)17-8-3-9-19-17/h2,5,7,11,13,15,17,19H,3-4,6,8-10,12H2,1H3. The van der Waals surface area contributed by atoms with E-state index in [0.717, 1.165) is 24.6 Å². The van der Waals surface area contributed by atoms with Crippen LogP contribution in [0.5, 0.6) is 0 Å². The van der Waals surface area contributed by atoms with Crippen molar-refractivity contribution in [1.82, 2.24) is 10.2 Å². The average Bonchev–Trinajstić information content (AvgIpc) is 3.01. The molecule has 1 N–H and O–H groups in total. The molecular formula is C17H25FN2. The van der Waals surface area contributed by atoms with Crippen LogP contribution in [0.15, 0.2) is 24.3 Å². The molecule has 3 atom stereocenters. The molecule has 0 aromatic heterocycles. The van der Waals surface area contributed by atoms with Gasteiger partial charge in [-0.3, -0.25) is 4.90 Å². The lowest BCUT2D eigenvalue weighted by atomic mass is 9.88. The van der Waals surface area contributed by atoms with Gasteiger partial charge in [-0.05, 0) is 69.3 Å². The van der Waals surface area contributed by atoms with Crippen LogP contribution in [0.25, 0.3) is 0 Å². The number of piperidine rings is 1. The first-order valence-electron chi connectivity index (χ1n) is 7.97. The largest absolute Gasteiger partial charge is 0.314 e. The zero-order valence-corrected chi connectivity index (χ0v) is 12.3. The Morgan fingerprint density at radius 1 is 1.30 bits per heavy atom. The predicted molar refractivity (Wildman–Crippen MR) is 80.1 cm³/mol. The highest BCUT2D eigenvalue weighted by Gasteiger charge is 2.30. The molecule has 2 fully saturated rings. The summed E-state index contributed by atoms with van der Waals surface area (Å²) in [5.41, 5.74) is 1.10. The van der Waals surface area contributed by atoms with Crippen LogP contribution >= 0.6 is 0 Å². The lowest BCUT2D eigenvalue weighted by Gasteiger charge is -2.39. The number of halogens is 1. The van der Waals surface area contributed by atoms with Crippen LogP contribution < -0.4 is 5.32 Å². The predicted octanol–water partition coefficient (Wildman–Crippen LogP) is 3.35. The third-order valence-electron chi connectivity index (χ3n) is 5.04. The summed E-state index contributed by atoms with van der Waals surface area (Å²) in [5.74, 6) is 0.641. The van der Waals surface area contributed by atoms with Gasteiger partial charge in [-0.2, -0.15) is 0 Å². The lowest BCUT2D eigenvalue weighted by molar-refractivity contribution is 0.114. The van der Waals surface area contributed by atoms with Gasteiger partial charge in [-0.1, -0.05) is 12.1 Å². The summed E-state index contributed by atoms with van der Waals surface area (Å²) >= 11 is 0. The molecule has 3 heteroatoms. The highest BCUT2D eigenvalue weighted by Crippen LogP contribution is 2.30. The Morgan fingerprint density at radius 3 is 2.95 bits per heavy atom. The molecule has 1 aromatic rings. The quantitative estimate of drug-likeness (QED) is 0.911. The van der Waals surface area contributed by atoms with Crippen LogP contribution in [0.3, 0.4) is 0 Å². The summed E-state index contributed by atoms with van der Waals surface area (Å²) in [5, 5.41) is 3.65. The summed E-state index contributed by atoms with van der Waals surface area (Å²) < 4.78 is 13.4. The molecule has 0 radical (unpaired) electrons. The number of benzene rings is 1. The summed E-state index contributed by atoms with van der Waals surface area (Å²) in [6.07, 6.45) is 5.25. The molecule has 0 saturated carbocycles. The SMILES string of the molecule is CC(c1cccc(F)c1)N1CCCC(C2CCCN2)C1. The molecule has 0 spiro atoms. The summed E-state index contributed by atoms with van der Waals surface area (Å²) in [6.45, 7) is 5.68. The van der Waals surface area contributed by atoms with E-state index in [1.165, 1.54) is 38.3 Å². The second-order valence-corrected chi connectivity index (χ2v) is 6.33. The van der Waals surface area contributed by atoms with Crippen LogP contribution in [-0.4, -0.2) is 30.6 Å². The highest BCUT2D eigenvalue weighted by atomic mass is 19.1. The molecular weight excluding hydrogens is 251 g/mol. The van der Waals surface area contributed by atoms with Crippen molar-refractivity contribution in [3.05, 3.63) is 35.6 Å². The van der Waals surface area contributed by atoms with Crippen LogP contribution in [0.1, 0.15) is 44.2 Å².